The summed E-state index contributed by atoms with van der Waals surface area (Å²) in [7, 11) is 0. The van der Waals surface area contributed by atoms with Gasteiger partial charge >= 0.3 is 5.97 Å². The van der Waals surface area contributed by atoms with Gasteiger partial charge in [-0.1, -0.05) is 32.8 Å². The molecule has 1 aromatic heterocycles. The maximum Gasteiger partial charge on any atom is 0.337 e. The number of nitrogens with zero attached hydrogens (tertiary/aromatic N) is 2. The van der Waals surface area contributed by atoms with E-state index in [4.69, 9.17) is 0 Å². The average molecular weight is 272 g/mol. The summed E-state index contributed by atoms with van der Waals surface area (Å²) in [5.74, 6) is 1.24. The van der Waals surface area contributed by atoms with Gasteiger partial charge in [0.1, 0.15) is 5.82 Å². The number of carboxylic acid groups (broad SMARTS) is 1. The van der Waals surface area contributed by atoms with Crippen molar-refractivity contribution in [1.29, 1.82) is 0 Å². The molecule has 0 aliphatic heterocycles. The molecule has 1 aliphatic rings. The number of para-hydroxylation sites is 1. The lowest BCUT2D eigenvalue weighted by Crippen LogP contribution is -2.09. The molecule has 0 saturated heterocycles. The lowest BCUT2D eigenvalue weighted by molar-refractivity contribution is 0.0698. The number of imidazole rings is 1. The lowest BCUT2D eigenvalue weighted by atomic mass is 10.1. The van der Waals surface area contributed by atoms with E-state index in [1.54, 1.807) is 12.1 Å². The normalized spacial score (nSPS) is 15.2. The molecule has 2 aromatic rings. The fraction of sp³-hybridized carbons (Fsp3) is 0.500. The van der Waals surface area contributed by atoms with Crippen LogP contribution in [-0.4, -0.2) is 20.6 Å². The minimum Gasteiger partial charge on any atom is -0.478 e. The second-order valence-electron chi connectivity index (χ2n) is 5.99. The van der Waals surface area contributed by atoms with Gasteiger partial charge in [-0.25, -0.2) is 9.78 Å². The zero-order valence-corrected chi connectivity index (χ0v) is 12.0. The molecule has 1 N–H and O–H groups in total. The number of carboxylic acids is 1. The predicted octanol–water partition coefficient (Wildman–Crippen LogP) is 3.66. The third kappa shape index (κ3) is 2.30. The van der Waals surface area contributed by atoms with Gasteiger partial charge in [0.2, 0.25) is 0 Å². The molecule has 0 bridgehead atoms. The summed E-state index contributed by atoms with van der Waals surface area (Å²) in [5.41, 5.74) is 1.94. The van der Waals surface area contributed by atoms with E-state index in [2.05, 4.69) is 23.4 Å². The van der Waals surface area contributed by atoms with Crippen LogP contribution in [0.1, 0.15) is 55.2 Å². The van der Waals surface area contributed by atoms with Gasteiger partial charge in [-0.15, -0.1) is 0 Å². The molecule has 4 heteroatoms. The fourth-order valence-corrected chi connectivity index (χ4v) is 2.76. The highest BCUT2D eigenvalue weighted by Gasteiger charge is 2.24. The van der Waals surface area contributed by atoms with Crippen molar-refractivity contribution in [3.05, 3.63) is 29.6 Å². The van der Waals surface area contributed by atoms with Crippen LogP contribution in [-0.2, 0) is 6.54 Å². The quantitative estimate of drug-likeness (QED) is 0.903. The molecule has 0 atom stereocenters. The van der Waals surface area contributed by atoms with Gasteiger partial charge in [0.05, 0.1) is 16.6 Å². The number of carbonyl (C=O) groups is 1. The summed E-state index contributed by atoms with van der Waals surface area (Å²) < 4.78 is 2.13. The van der Waals surface area contributed by atoms with Crippen molar-refractivity contribution in [3.8, 4) is 0 Å². The molecule has 0 radical (unpaired) electrons. The first kappa shape index (κ1) is 13.2. The highest BCUT2D eigenvalue weighted by Crippen LogP contribution is 2.34. The van der Waals surface area contributed by atoms with E-state index in [0.29, 0.717) is 11.5 Å². The predicted molar refractivity (Wildman–Crippen MR) is 78.1 cm³/mol. The number of fused-ring (bicyclic) bond motifs is 1. The number of hydrogen-bond acceptors (Lipinski definition) is 2. The van der Waals surface area contributed by atoms with Gasteiger partial charge in [-0.3, -0.25) is 0 Å². The highest BCUT2D eigenvalue weighted by molar-refractivity contribution is 6.01. The van der Waals surface area contributed by atoms with Crippen molar-refractivity contribution in [3.63, 3.8) is 0 Å². The number of benzene rings is 1. The third-order valence-corrected chi connectivity index (χ3v) is 4.00. The summed E-state index contributed by atoms with van der Waals surface area (Å²) in [6.45, 7) is 5.09. The van der Waals surface area contributed by atoms with Crippen molar-refractivity contribution >= 4 is 17.0 Å². The van der Waals surface area contributed by atoms with Gasteiger partial charge < -0.3 is 9.67 Å². The minimum absolute atomic E-state index is 0.295. The Morgan fingerprint density at radius 2 is 2.20 bits per heavy atom. The summed E-state index contributed by atoms with van der Waals surface area (Å²) in [6.07, 6.45) is 3.75. The molecule has 1 fully saturated rings. The van der Waals surface area contributed by atoms with E-state index in [1.807, 2.05) is 6.07 Å². The number of aromatic carboxylic acids is 1. The maximum atomic E-state index is 11.5. The zero-order chi connectivity index (χ0) is 14.3. The van der Waals surface area contributed by atoms with Crippen LogP contribution in [0.4, 0.5) is 0 Å². The van der Waals surface area contributed by atoms with Crippen LogP contribution in [0.3, 0.4) is 0 Å². The standard InChI is InChI=1S/C16H20N2O2/c1-10(2)15-17-13-5-3-4-12(16(19)20)14(13)18(15)9-8-11-6-7-11/h3-5,10-11H,6-9H2,1-2H3,(H,19,20). The number of rotatable bonds is 5. The van der Waals surface area contributed by atoms with Crippen LogP contribution in [0.5, 0.6) is 0 Å². The van der Waals surface area contributed by atoms with Crippen molar-refractivity contribution in [2.75, 3.05) is 0 Å². The molecular formula is C16H20N2O2. The lowest BCUT2D eigenvalue weighted by Gasteiger charge is -2.12. The van der Waals surface area contributed by atoms with Crippen molar-refractivity contribution in [1.82, 2.24) is 9.55 Å². The average Bonchev–Trinajstić information content (AvgIpc) is 3.15. The van der Waals surface area contributed by atoms with E-state index in [0.717, 1.165) is 35.7 Å². The van der Waals surface area contributed by atoms with E-state index in [1.165, 1.54) is 12.8 Å². The molecule has 1 saturated carbocycles. The molecule has 0 amide bonds. The Balaban J connectivity index is 2.14. The van der Waals surface area contributed by atoms with Crippen LogP contribution in [0.25, 0.3) is 11.0 Å². The Hall–Kier alpha value is -1.84. The van der Waals surface area contributed by atoms with Gasteiger partial charge in [0, 0.05) is 12.5 Å². The fourth-order valence-electron chi connectivity index (χ4n) is 2.76. The molecule has 3 rings (SSSR count). The number of aromatic nitrogens is 2. The molecule has 4 nitrogen and oxygen atoms in total. The van der Waals surface area contributed by atoms with Gasteiger partial charge in [0.25, 0.3) is 0 Å². The molecule has 0 unspecified atom stereocenters. The first-order valence-electron chi connectivity index (χ1n) is 7.30. The van der Waals surface area contributed by atoms with Gasteiger partial charge in [-0.2, -0.15) is 0 Å². The Bertz CT molecular complexity index is 654. The molecular weight excluding hydrogens is 252 g/mol. The molecule has 1 aromatic carbocycles. The second-order valence-corrected chi connectivity index (χ2v) is 5.99. The Morgan fingerprint density at radius 3 is 2.80 bits per heavy atom. The van der Waals surface area contributed by atoms with Crippen LogP contribution in [0.15, 0.2) is 18.2 Å². The Kier molecular flexibility index (Phi) is 3.24. The molecule has 106 valence electrons. The molecule has 1 aliphatic carbocycles. The third-order valence-electron chi connectivity index (χ3n) is 4.00. The summed E-state index contributed by atoms with van der Waals surface area (Å²) in [6, 6.07) is 5.35. The van der Waals surface area contributed by atoms with Crippen molar-refractivity contribution in [2.45, 2.75) is 45.6 Å². The summed E-state index contributed by atoms with van der Waals surface area (Å²) >= 11 is 0. The molecule has 20 heavy (non-hydrogen) atoms. The smallest absolute Gasteiger partial charge is 0.337 e. The topological polar surface area (TPSA) is 55.1 Å². The van der Waals surface area contributed by atoms with Crippen molar-refractivity contribution < 1.29 is 9.90 Å². The SMILES string of the molecule is CC(C)c1nc2cccc(C(=O)O)c2n1CCC1CC1. The van der Waals surface area contributed by atoms with Gasteiger partial charge in [0.15, 0.2) is 0 Å². The second kappa shape index (κ2) is 4.93. The van der Waals surface area contributed by atoms with E-state index in [-0.39, 0.29) is 0 Å². The summed E-state index contributed by atoms with van der Waals surface area (Å²) in [5, 5.41) is 9.40. The zero-order valence-electron chi connectivity index (χ0n) is 12.0. The van der Waals surface area contributed by atoms with Gasteiger partial charge in [-0.05, 0) is 24.5 Å². The largest absolute Gasteiger partial charge is 0.478 e. The molecule has 0 spiro atoms. The number of aryl methyl sites for hydroxylation is 1. The number of hydrogen-bond donors (Lipinski definition) is 1. The summed E-state index contributed by atoms with van der Waals surface area (Å²) in [4.78, 5) is 16.1. The van der Waals surface area contributed by atoms with Crippen LogP contribution in [0, 0.1) is 5.92 Å². The van der Waals surface area contributed by atoms with Crippen LogP contribution in [0.2, 0.25) is 0 Å². The van der Waals surface area contributed by atoms with E-state index >= 15 is 0 Å². The van der Waals surface area contributed by atoms with E-state index in [9.17, 15) is 9.90 Å². The first-order valence-corrected chi connectivity index (χ1v) is 7.30. The van der Waals surface area contributed by atoms with Crippen molar-refractivity contribution in [2.24, 2.45) is 5.92 Å². The van der Waals surface area contributed by atoms with Crippen LogP contribution >= 0.6 is 0 Å². The maximum absolute atomic E-state index is 11.5. The van der Waals surface area contributed by atoms with Crippen LogP contribution < -0.4 is 0 Å². The Labute approximate surface area is 118 Å². The van der Waals surface area contributed by atoms with E-state index < -0.39 is 5.97 Å². The highest BCUT2D eigenvalue weighted by atomic mass is 16.4. The minimum atomic E-state index is -0.876. The molecule has 1 heterocycles. The monoisotopic (exact) mass is 272 g/mol. The first-order chi connectivity index (χ1) is 9.58. The Morgan fingerprint density at radius 1 is 1.45 bits per heavy atom.